The molecule has 0 radical (unpaired) electrons. The Morgan fingerprint density at radius 3 is 2.44 bits per heavy atom. The Morgan fingerprint density at radius 1 is 1.04 bits per heavy atom. The zero-order valence-corrected chi connectivity index (χ0v) is 18.3. The highest BCUT2D eigenvalue weighted by molar-refractivity contribution is 9.10. The van der Waals surface area contributed by atoms with E-state index in [0.717, 1.165) is 28.5 Å². The summed E-state index contributed by atoms with van der Waals surface area (Å²) in [5.74, 6) is 2.95. The summed E-state index contributed by atoms with van der Waals surface area (Å²) < 4.78 is 7.34. The zero-order chi connectivity index (χ0) is 18.9. The summed E-state index contributed by atoms with van der Waals surface area (Å²) in [6.07, 6.45) is 8.35. The predicted molar refractivity (Wildman–Crippen MR) is 114 cm³/mol. The topological polar surface area (TPSA) is 25.2 Å². The second kappa shape index (κ2) is 5.97. The van der Waals surface area contributed by atoms with Gasteiger partial charge in [0.2, 0.25) is 0 Å². The molecule has 3 heteroatoms. The lowest BCUT2D eigenvalue weighted by molar-refractivity contribution is -0.118. The van der Waals surface area contributed by atoms with Gasteiger partial charge in [0.05, 0.1) is 6.54 Å². The molecule has 2 unspecified atom stereocenters. The van der Waals surface area contributed by atoms with Gasteiger partial charge in [-0.1, -0.05) is 29.8 Å². The SMILES string of the molecule is Cc1cc(Br)ccc1-c1ccc(CNC23CC4C[C@@](C)(C2)C[C@](C)(C4)C3)o1. The second-order valence-corrected chi connectivity index (χ2v) is 11.4. The fraction of sp³-hybridized carbons (Fsp3) is 0.583. The van der Waals surface area contributed by atoms with Gasteiger partial charge < -0.3 is 9.73 Å². The third-order valence-corrected chi connectivity index (χ3v) is 7.87. The molecule has 1 aromatic carbocycles. The molecule has 2 nitrogen and oxygen atoms in total. The molecule has 0 aliphatic heterocycles. The van der Waals surface area contributed by atoms with Crippen molar-refractivity contribution in [3.05, 3.63) is 46.1 Å². The highest BCUT2D eigenvalue weighted by Crippen LogP contribution is 2.66. The first-order valence-electron chi connectivity index (χ1n) is 10.4. The average molecular weight is 428 g/mol. The van der Waals surface area contributed by atoms with Gasteiger partial charge in [-0.2, -0.15) is 0 Å². The van der Waals surface area contributed by atoms with Crippen LogP contribution in [0.1, 0.15) is 63.7 Å². The Kier molecular flexibility index (Phi) is 3.98. The maximum Gasteiger partial charge on any atom is 0.134 e. The van der Waals surface area contributed by atoms with Crippen LogP contribution in [0.4, 0.5) is 0 Å². The standard InChI is InChI=1S/C24H30BrNO/c1-16-8-18(25)4-6-20(16)21-7-5-19(27-21)12-26-24-11-17-9-22(2,14-24)13-23(3,10-17)15-24/h4-8,17,26H,9-15H2,1-3H3/t17?,22-,23+,24?. The van der Waals surface area contributed by atoms with Crippen molar-refractivity contribution in [2.75, 3.05) is 0 Å². The first kappa shape index (κ1) is 18.0. The molecule has 4 atom stereocenters. The molecular weight excluding hydrogens is 398 g/mol. The van der Waals surface area contributed by atoms with E-state index in [9.17, 15) is 0 Å². The molecular formula is C24H30BrNO. The Morgan fingerprint density at radius 2 is 1.78 bits per heavy atom. The van der Waals surface area contributed by atoms with E-state index in [0.29, 0.717) is 16.4 Å². The minimum absolute atomic E-state index is 0.323. The van der Waals surface area contributed by atoms with Crippen LogP contribution < -0.4 is 5.32 Å². The fourth-order valence-electron chi connectivity index (χ4n) is 7.44. The molecule has 0 amide bonds. The highest BCUT2D eigenvalue weighted by atomic mass is 79.9. The molecule has 0 saturated heterocycles. The molecule has 6 rings (SSSR count). The normalized spacial score (nSPS) is 37.1. The molecule has 1 aromatic heterocycles. The van der Waals surface area contributed by atoms with Crippen molar-refractivity contribution >= 4 is 15.9 Å². The number of hydrogen-bond acceptors (Lipinski definition) is 2. The van der Waals surface area contributed by atoms with Gasteiger partial charge in [-0.3, -0.25) is 0 Å². The van der Waals surface area contributed by atoms with Gasteiger partial charge in [0.25, 0.3) is 0 Å². The molecule has 4 aliphatic rings. The maximum atomic E-state index is 6.23. The zero-order valence-electron chi connectivity index (χ0n) is 16.7. The van der Waals surface area contributed by atoms with Crippen LogP contribution in [0.2, 0.25) is 0 Å². The number of rotatable bonds is 4. The molecule has 0 spiro atoms. The molecule has 4 aliphatic carbocycles. The van der Waals surface area contributed by atoms with Crippen LogP contribution in [0.15, 0.2) is 39.2 Å². The smallest absolute Gasteiger partial charge is 0.134 e. The highest BCUT2D eigenvalue weighted by Gasteiger charge is 2.59. The average Bonchev–Trinajstić information content (AvgIpc) is 2.98. The number of nitrogens with one attached hydrogen (secondary N) is 1. The van der Waals surface area contributed by atoms with E-state index < -0.39 is 0 Å². The van der Waals surface area contributed by atoms with E-state index in [1.165, 1.54) is 49.7 Å². The summed E-state index contributed by atoms with van der Waals surface area (Å²) in [4.78, 5) is 0. The van der Waals surface area contributed by atoms with Crippen molar-refractivity contribution in [2.45, 2.75) is 71.4 Å². The molecule has 1 N–H and O–H groups in total. The first-order chi connectivity index (χ1) is 12.8. The lowest BCUT2D eigenvalue weighted by atomic mass is 9.43. The van der Waals surface area contributed by atoms with Crippen molar-refractivity contribution in [3.63, 3.8) is 0 Å². The number of aryl methyl sites for hydroxylation is 1. The van der Waals surface area contributed by atoms with Gasteiger partial charge in [-0.15, -0.1) is 0 Å². The molecule has 1 heterocycles. The quantitative estimate of drug-likeness (QED) is 0.576. The van der Waals surface area contributed by atoms with Crippen LogP contribution >= 0.6 is 15.9 Å². The van der Waals surface area contributed by atoms with E-state index in [-0.39, 0.29) is 0 Å². The van der Waals surface area contributed by atoms with Crippen molar-refractivity contribution in [2.24, 2.45) is 16.7 Å². The van der Waals surface area contributed by atoms with Gasteiger partial charge in [0, 0.05) is 15.6 Å². The predicted octanol–water partition coefficient (Wildman–Crippen LogP) is 6.86. The van der Waals surface area contributed by atoms with E-state index >= 15 is 0 Å². The largest absolute Gasteiger partial charge is 0.460 e. The Balaban J connectivity index is 1.33. The number of furan rings is 1. The number of halogens is 1. The Labute approximate surface area is 171 Å². The van der Waals surface area contributed by atoms with Crippen LogP contribution in [-0.2, 0) is 6.54 Å². The van der Waals surface area contributed by atoms with E-state index in [4.69, 9.17) is 4.42 Å². The third-order valence-electron chi connectivity index (χ3n) is 7.38. The molecule has 4 fully saturated rings. The summed E-state index contributed by atoms with van der Waals surface area (Å²) in [6.45, 7) is 8.05. The second-order valence-electron chi connectivity index (χ2n) is 10.5. The van der Waals surface area contributed by atoms with Crippen LogP contribution in [0.5, 0.6) is 0 Å². The molecule has 4 bridgehead atoms. The lowest BCUT2D eigenvalue weighted by Crippen LogP contribution is -2.63. The van der Waals surface area contributed by atoms with Crippen molar-refractivity contribution in [1.82, 2.24) is 5.32 Å². The van der Waals surface area contributed by atoms with Crippen molar-refractivity contribution in [1.29, 1.82) is 0 Å². The lowest BCUT2D eigenvalue weighted by Gasteiger charge is -2.65. The molecule has 4 saturated carbocycles. The summed E-state index contributed by atoms with van der Waals surface area (Å²) in [7, 11) is 0. The van der Waals surface area contributed by atoms with Crippen LogP contribution in [0.3, 0.4) is 0 Å². The van der Waals surface area contributed by atoms with E-state index in [1.807, 2.05) is 0 Å². The third kappa shape index (κ3) is 3.21. The Bertz CT molecular complexity index is 866. The van der Waals surface area contributed by atoms with Gasteiger partial charge in [0.1, 0.15) is 11.5 Å². The minimum Gasteiger partial charge on any atom is -0.460 e. The van der Waals surface area contributed by atoms with Crippen LogP contribution in [0.25, 0.3) is 11.3 Å². The molecule has 2 aromatic rings. The summed E-state index contributed by atoms with van der Waals surface area (Å²) >= 11 is 3.54. The van der Waals surface area contributed by atoms with Gasteiger partial charge in [0.15, 0.2) is 0 Å². The van der Waals surface area contributed by atoms with Gasteiger partial charge >= 0.3 is 0 Å². The van der Waals surface area contributed by atoms with Gasteiger partial charge in [-0.25, -0.2) is 0 Å². The van der Waals surface area contributed by atoms with Crippen molar-refractivity contribution in [3.8, 4) is 11.3 Å². The van der Waals surface area contributed by atoms with Gasteiger partial charge in [-0.05, 0) is 98.1 Å². The summed E-state index contributed by atoms with van der Waals surface area (Å²) in [5, 5.41) is 3.98. The fourth-order valence-corrected chi connectivity index (χ4v) is 7.92. The summed E-state index contributed by atoms with van der Waals surface area (Å²) in [5.41, 5.74) is 3.83. The molecule has 144 valence electrons. The molecule has 27 heavy (non-hydrogen) atoms. The van der Waals surface area contributed by atoms with Crippen molar-refractivity contribution < 1.29 is 4.42 Å². The monoisotopic (exact) mass is 427 g/mol. The number of hydrogen-bond donors (Lipinski definition) is 1. The minimum atomic E-state index is 0.323. The van der Waals surface area contributed by atoms with Crippen LogP contribution in [0, 0.1) is 23.7 Å². The van der Waals surface area contributed by atoms with E-state index in [1.54, 1.807) is 0 Å². The Hall–Kier alpha value is -1.06. The van der Waals surface area contributed by atoms with Crippen LogP contribution in [-0.4, -0.2) is 5.54 Å². The summed E-state index contributed by atoms with van der Waals surface area (Å²) in [6, 6.07) is 10.6. The van der Waals surface area contributed by atoms with E-state index in [2.05, 4.69) is 72.3 Å². The maximum absolute atomic E-state index is 6.23. The first-order valence-corrected chi connectivity index (χ1v) is 11.2. The number of benzene rings is 1.